The molecule has 1 aliphatic heterocycles. The number of nitrogens with zero attached hydrogens (tertiary/aromatic N) is 4. The number of hydrogen-bond donors (Lipinski definition) is 1. The Morgan fingerprint density at radius 2 is 1.81 bits per heavy atom. The molecule has 0 radical (unpaired) electrons. The molecule has 166 valence electrons. The molecule has 2 aliphatic rings. The van der Waals surface area contributed by atoms with Crippen LogP contribution in [-0.4, -0.2) is 33.8 Å². The van der Waals surface area contributed by atoms with Crippen molar-refractivity contribution in [1.82, 2.24) is 14.8 Å². The number of anilines is 2. The van der Waals surface area contributed by atoms with Crippen molar-refractivity contribution >= 4 is 29.3 Å². The first-order valence-electron chi connectivity index (χ1n) is 11.4. The first-order chi connectivity index (χ1) is 15.6. The van der Waals surface area contributed by atoms with Gasteiger partial charge in [-0.3, -0.25) is 9.36 Å². The predicted molar refractivity (Wildman–Crippen MR) is 129 cm³/mol. The molecule has 2 fully saturated rings. The zero-order valence-electron chi connectivity index (χ0n) is 18.6. The smallest absolute Gasteiger partial charge is 0.242 e. The molecule has 1 atom stereocenters. The molecule has 7 heteroatoms. The highest BCUT2D eigenvalue weighted by molar-refractivity contribution is 8.00. The van der Waals surface area contributed by atoms with Gasteiger partial charge in [-0.25, -0.2) is 0 Å². The number of benzene rings is 2. The van der Waals surface area contributed by atoms with E-state index in [1.807, 2.05) is 56.3 Å². The van der Waals surface area contributed by atoms with Crippen molar-refractivity contribution in [2.75, 3.05) is 23.3 Å². The summed E-state index contributed by atoms with van der Waals surface area (Å²) in [5, 5.41) is 12.7. The minimum atomic E-state index is -0.413. The number of thioether (sulfide) groups is 1. The second kappa shape index (κ2) is 8.98. The molecule has 3 aromatic rings. The van der Waals surface area contributed by atoms with Crippen LogP contribution in [0.2, 0.25) is 0 Å². The maximum absolute atomic E-state index is 13.5. The van der Waals surface area contributed by atoms with Gasteiger partial charge >= 0.3 is 0 Å². The monoisotopic (exact) mass is 447 g/mol. The van der Waals surface area contributed by atoms with Crippen molar-refractivity contribution < 1.29 is 4.79 Å². The van der Waals surface area contributed by atoms with E-state index in [9.17, 15) is 4.79 Å². The Morgan fingerprint density at radius 1 is 1.06 bits per heavy atom. The summed E-state index contributed by atoms with van der Waals surface area (Å²) in [5.74, 6) is 0.928. The first-order valence-corrected chi connectivity index (χ1v) is 12.3. The largest absolute Gasteiger partial charge is 0.341 e. The minimum Gasteiger partial charge on any atom is -0.341 e. The van der Waals surface area contributed by atoms with Crippen LogP contribution < -0.4 is 10.2 Å². The molecule has 1 aliphatic carbocycles. The fourth-order valence-corrected chi connectivity index (χ4v) is 5.31. The van der Waals surface area contributed by atoms with E-state index < -0.39 is 5.25 Å². The molecule has 1 saturated carbocycles. The van der Waals surface area contributed by atoms with Gasteiger partial charge in [0.25, 0.3) is 0 Å². The number of nitrogens with one attached hydrogen (secondary N) is 1. The van der Waals surface area contributed by atoms with Crippen molar-refractivity contribution in [2.45, 2.75) is 56.0 Å². The van der Waals surface area contributed by atoms with E-state index >= 15 is 0 Å². The number of hydrogen-bond acceptors (Lipinski definition) is 5. The standard InChI is InChI=1S/C25H29N5OS/c1-17-10-11-18(2)21(16-17)26-23(31)22(19-8-4-3-5-9-19)32-25-28-27-24(29-14-6-7-15-29)30(25)20-12-13-20/h3-5,8-11,16,20,22H,6-7,12-15H2,1-2H3,(H,26,31). The van der Waals surface area contributed by atoms with E-state index in [1.54, 1.807) is 0 Å². The van der Waals surface area contributed by atoms with Crippen LogP contribution in [0.15, 0.2) is 53.7 Å². The van der Waals surface area contributed by atoms with Crippen molar-refractivity contribution in [3.63, 3.8) is 0 Å². The summed E-state index contributed by atoms with van der Waals surface area (Å²) in [4.78, 5) is 15.9. The molecular weight excluding hydrogens is 418 g/mol. The SMILES string of the molecule is Cc1ccc(C)c(NC(=O)C(Sc2nnc(N3CCCC3)n2C2CC2)c2ccccc2)c1. The van der Waals surface area contributed by atoms with Crippen LogP contribution in [0, 0.1) is 13.8 Å². The lowest BCUT2D eigenvalue weighted by atomic mass is 10.1. The lowest BCUT2D eigenvalue weighted by Gasteiger charge is -2.20. The van der Waals surface area contributed by atoms with Gasteiger partial charge in [-0.1, -0.05) is 54.2 Å². The maximum Gasteiger partial charge on any atom is 0.242 e. The van der Waals surface area contributed by atoms with Gasteiger partial charge in [0, 0.05) is 24.8 Å². The number of carbonyl (C=O) groups excluding carboxylic acids is 1. The summed E-state index contributed by atoms with van der Waals surface area (Å²) >= 11 is 1.50. The van der Waals surface area contributed by atoms with E-state index in [-0.39, 0.29) is 5.91 Å². The highest BCUT2D eigenvalue weighted by atomic mass is 32.2. The van der Waals surface area contributed by atoms with Gasteiger partial charge in [0.15, 0.2) is 5.16 Å². The highest BCUT2D eigenvalue weighted by Gasteiger charge is 2.34. The summed E-state index contributed by atoms with van der Waals surface area (Å²) in [5.41, 5.74) is 4.00. The molecule has 1 aromatic heterocycles. The summed E-state index contributed by atoms with van der Waals surface area (Å²) in [6, 6.07) is 16.5. The molecule has 1 saturated heterocycles. The fraction of sp³-hybridized carbons (Fsp3) is 0.400. The zero-order chi connectivity index (χ0) is 22.1. The van der Waals surface area contributed by atoms with Crippen LogP contribution >= 0.6 is 11.8 Å². The van der Waals surface area contributed by atoms with Gasteiger partial charge in [0.05, 0.1) is 0 Å². The molecule has 6 nitrogen and oxygen atoms in total. The Kier molecular flexibility index (Phi) is 5.91. The van der Waals surface area contributed by atoms with Crippen LogP contribution in [0.5, 0.6) is 0 Å². The summed E-state index contributed by atoms with van der Waals surface area (Å²) in [6.07, 6.45) is 4.70. The van der Waals surface area contributed by atoms with Crippen molar-refractivity contribution in [3.8, 4) is 0 Å². The van der Waals surface area contributed by atoms with Crippen LogP contribution in [-0.2, 0) is 4.79 Å². The highest BCUT2D eigenvalue weighted by Crippen LogP contribution is 2.44. The van der Waals surface area contributed by atoms with E-state index in [0.717, 1.165) is 59.4 Å². The third kappa shape index (κ3) is 4.39. The molecule has 1 amide bonds. The molecule has 0 bridgehead atoms. The topological polar surface area (TPSA) is 63.1 Å². The third-order valence-corrected chi connectivity index (χ3v) is 7.37. The van der Waals surface area contributed by atoms with E-state index in [0.29, 0.717) is 6.04 Å². The van der Waals surface area contributed by atoms with Crippen LogP contribution in [0.4, 0.5) is 11.6 Å². The summed E-state index contributed by atoms with van der Waals surface area (Å²) in [6.45, 7) is 6.12. The Balaban J connectivity index is 1.46. The molecule has 32 heavy (non-hydrogen) atoms. The van der Waals surface area contributed by atoms with Crippen LogP contribution in [0.1, 0.15) is 53.7 Å². The summed E-state index contributed by atoms with van der Waals surface area (Å²) in [7, 11) is 0. The van der Waals surface area contributed by atoms with Crippen LogP contribution in [0.25, 0.3) is 0 Å². The Morgan fingerprint density at radius 3 is 2.53 bits per heavy atom. The minimum absolute atomic E-state index is 0.0389. The third-order valence-electron chi connectivity index (χ3n) is 6.16. The molecular formula is C25H29N5OS. The number of amides is 1. The van der Waals surface area contributed by atoms with Crippen molar-refractivity contribution in [1.29, 1.82) is 0 Å². The molecule has 5 rings (SSSR count). The van der Waals surface area contributed by atoms with E-state index in [2.05, 4.69) is 31.0 Å². The lowest BCUT2D eigenvalue weighted by Crippen LogP contribution is -2.23. The van der Waals surface area contributed by atoms with Gasteiger partial charge in [0.2, 0.25) is 11.9 Å². The normalized spacial score (nSPS) is 16.9. The molecule has 0 spiro atoms. The maximum atomic E-state index is 13.5. The van der Waals surface area contributed by atoms with Gasteiger partial charge < -0.3 is 10.2 Å². The van der Waals surface area contributed by atoms with Crippen molar-refractivity contribution in [2.24, 2.45) is 0 Å². The number of aryl methyl sites for hydroxylation is 2. The summed E-state index contributed by atoms with van der Waals surface area (Å²) < 4.78 is 2.27. The van der Waals surface area contributed by atoms with E-state index in [4.69, 9.17) is 0 Å². The average Bonchev–Trinajstić information content (AvgIpc) is 3.31. The predicted octanol–water partition coefficient (Wildman–Crippen LogP) is 5.30. The fourth-order valence-electron chi connectivity index (χ4n) is 4.21. The molecule has 2 heterocycles. The lowest BCUT2D eigenvalue weighted by molar-refractivity contribution is -0.115. The number of carbonyl (C=O) groups is 1. The molecule has 1 unspecified atom stereocenters. The second-order valence-electron chi connectivity index (χ2n) is 8.79. The van der Waals surface area contributed by atoms with Gasteiger partial charge in [-0.2, -0.15) is 0 Å². The van der Waals surface area contributed by atoms with Crippen molar-refractivity contribution in [3.05, 3.63) is 65.2 Å². The van der Waals surface area contributed by atoms with Gasteiger partial charge in [0.1, 0.15) is 5.25 Å². The molecule has 2 aromatic carbocycles. The quantitative estimate of drug-likeness (QED) is 0.498. The van der Waals surface area contributed by atoms with Gasteiger partial charge in [-0.05, 0) is 62.3 Å². The Bertz CT molecular complexity index is 1100. The average molecular weight is 448 g/mol. The van der Waals surface area contributed by atoms with E-state index in [1.165, 1.54) is 24.6 Å². The second-order valence-corrected chi connectivity index (χ2v) is 9.87. The first kappa shape index (κ1) is 21.1. The number of aromatic nitrogens is 3. The van der Waals surface area contributed by atoms with Crippen LogP contribution in [0.3, 0.4) is 0 Å². The number of rotatable bonds is 7. The molecule has 1 N–H and O–H groups in total. The Labute approximate surface area is 193 Å². The Hall–Kier alpha value is -2.80. The van der Waals surface area contributed by atoms with Gasteiger partial charge in [-0.15, -0.1) is 10.2 Å². The zero-order valence-corrected chi connectivity index (χ0v) is 19.4.